The molecule has 0 spiro atoms. The Labute approximate surface area is 71.0 Å². The lowest BCUT2D eigenvalue weighted by molar-refractivity contribution is -0.505. The zero-order chi connectivity index (χ0) is 8.18. The molecule has 0 radical (unpaired) electrons. The topological polar surface area (TPSA) is 18.5 Å². The quantitative estimate of drug-likeness (QED) is 0.543. The van der Waals surface area contributed by atoms with Crippen LogP contribution in [0, 0.1) is 0 Å². The highest BCUT2D eigenvalue weighted by atomic mass is 17.3. The number of hydrogen-bond donors (Lipinski definition) is 0. The van der Waals surface area contributed by atoms with Gasteiger partial charge in [0.25, 0.3) is 0 Å². The molecule has 0 unspecified atom stereocenters. The second-order valence-electron chi connectivity index (χ2n) is 3.75. The van der Waals surface area contributed by atoms with E-state index in [-0.39, 0.29) is 11.7 Å². The number of rotatable bonds is 0. The first-order valence-corrected chi connectivity index (χ1v) is 4.22. The highest BCUT2D eigenvalue weighted by molar-refractivity contribution is 5.38. The van der Waals surface area contributed by atoms with Gasteiger partial charge in [0.05, 0.1) is 0 Å². The molecule has 2 atom stereocenters. The summed E-state index contributed by atoms with van der Waals surface area (Å²) in [6, 6.07) is 8.37. The third-order valence-corrected chi connectivity index (χ3v) is 2.77. The second-order valence-corrected chi connectivity index (χ2v) is 3.75. The molecule has 0 saturated carbocycles. The standard InChI is InChI=1S/C10H10O2/c1-10-6-7-4-2-3-5-8(7)9(10)11-12-10/h2-5,9H,6H2,1H3/t9-,10+/m1/s1. The number of benzene rings is 1. The Bertz CT molecular complexity index is 334. The summed E-state index contributed by atoms with van der Waals surface area (Å²) in [7, 11) is 0. The average Bonchev–Trinajstić information content (AvgIpc) is 2.23. The van der Waals surface area contributed by atoms with Crippen molar-refractivity contribution < 1.29 is 9.78 Å². The molecule has 1 aromatic carbocycles. The minimum Gasteiger partial charge on any atom is -0.226 e. The maximum Gasteiger partial charge on any atom is 0.150 e. The zero-order valence-corrected chi connectivity index (χ0v) is 6.91. The van der Waals surface area contributed by atoms with Gasteiger partial charge in [0, 0.05) is 6.42 Å². The van der Waals surface area contributed by atoms with Crippen molar-refractivity contribution in [1.82, 2.24) is 0 Å². The van der Waals surface area contributed by atoms with Crippen molar-refractivity contribution in [3.05, 3.63) is 35.4 Å². The van der Waals surface area contributed by atoms with Crippen molar-refractivity contribution in [3.8, 4) is 0 Å². The summed E-state index contributed by atoms with van der Waals surface area (Å²) in [5, 5.41) is 0. The summed E-state index contributed by atoms with van der Waals surface area (Å²) in [4.78, 5) is 10.2. The molecule has 1 heterocycles. The van der Waals surface area contributed by atoms with Crippen LogP contribution in [0.25, 0.3) is 0 Å². The Kier molecular flexibility index (Phi) is 1.05. The van der Waals surface area contributed by atoms with E-state index in [4.69, 9.17) is 9.78 Å². The molecule has 1 fully saturated rings. The zero-order valence-electron chi connectivity index (χ0n) is 6.91. The van der Waals surface area contributed by atoms with Gasteiger partial charge in [-0.1, -0.05) is 24.3 Å². The van der Waals surface area contributed by atoms with Crippen LogP contribution in [0.5, 0.6) is 0 Å². The first-order valence-electron chi connectivity index (χ1n) is 4.22. The Morgan fingerprint density at radius 1 is 1.42 bits per heavy atom. The van der Waals surface area contributed by atoms with Gasteiger partial charge < -0.3 is 0 Å². The Morgan fingerprint density at radius 3 is 3.00 bits per heavy atom. The SMILES string of the molecule is C[C@]12Cc3ccccc3[C@H]1OO2. The fraction of sp³-hybridized carbons (Fsp3) is 0.400. The van der Waals surface area contributed by atoms with Gasteiger partial charge in [-0.3, -0.25) is 0 Å². The highest BCUT2D eigenvalue weighted by Gasteiger charge is 2.53. The molecule has 2 aliphatic rings. The first kappa shape index (κ1) is 6.63. The van der Waals surface area contributed by atoms with Crippen LogP contribution in [0.1, 0.15) is 24.2 Å². The van der Waals surface area contributed by atoms with Crippen molar-refractivity contribution in [2.75, 3.05) is 0 Å². The molecule has 1 aromatic rings. The van der Waals surface area contributed by atoms with E-state index < -0.39 is 0 Å². The molecule has 12 heavy (non-hydrogen) atoms. The van der Waals surface area contributed by atoms with Gasteiger partial charge in [-0.25, -0.2) is 9.78 Å². The van der Waals surface area contributed by atoms with Crippen LogP contribution in [0.2, 0.25) is 0 Å². The van der Waals surface area contributed by atoms with Crippen LogP contribution >= 0.6 is 0 Å². The first-order chi connectivity index (χ1) is 5.80. The van der Waals surface area contributed by atoms with E-state index in [9.17, 15) is 0 Å². The Hall–Kier alpha value is -0.860. The molecule has 0 aromatic heterocycles. The fourth-order valence-electron chi connectivity index (χ4n) is 2.09. The van der Waals surface area contributed by atoms with Crippen LogP contribution in [-0.4, -0.2) is 5.60 Å². The van der Waals surface area contributed by atoms with Gasteiger partial charge in [0.1, 0.15) is 5.60 Å². The summed E-state index contributed by atoms with van der Waals surface area (Å²) < 4.78 is 0. The molecule has 2 nitrogen and oxygen atoms in total. The minimum absolute atomic E-state index is 0.0797. The summed E-state index contributed by atoms with van der Waals surface area (Å²) in [5.41, 5.74) is 2.58. The van der Waals surface area contributed by atoms with Crippen molar-refractivity contribution in [3.63, 3.8) is 0 Å². The lowest BCUT2D eigenvalue weighted by atomic mass is 9.99. The molecule has 1 saturated heterocycles. The predicted octanol–water partition coefficient (Wildman–Crippen LogP) is 2.00. The average molecular weight is 162 g/mol. The van der Waals surface area contributed by atoms with Crippen LogP contribution in [0.3, 0.4) is 0 Å². The van der Waals surface area contributed by atoms with Crippen molar-refractivity contribution in [2.45, 2.75) is 25.0 Å². The molecule has 62 valence electrons. The Morgan fingerprint density at radius 2 is 2.25 bits per heavy atom. The van der Waals surface area contributed by atoms with Gasteiger partial charge in [0.2, 0.25) is 0 Å². The molecular formula is C10H10O2. The fourth-order valence-corrected chi connectivity index (χ4v) is 2.09. The van der Waals surface area contributed by atoms with Crippen molar-refractivity contribution >= 4 is 0 Å². The smallest absolute Gasteiger partial charge is 0.150 e. The molecule has 0 bridgehead atoms. The Balaban J connectivity index is 2.14. The molecule has 2 heteroatoms. The molecule has 1 aliphatic heterocycles. The highest BCUT2D eigenvalue weighted by Crippen LogP contribution is 2.50. The normalized spacial score (nSPS) is 36.9. The van der Waals surface area contributed by atoms with Crippen molar-refractivity contribution in [1.29, 1.82) is 0 Å². The lowest BCUT2D eigenvalue weighted by Crippen LogP contribution is -2.44. The lowest BCUT2D eigenvalue weighted by Gasteiger charge is -2.39. The maximum atomic E-state index is 5.12. The summed E-state index contributed by atoms with van der Waals surface area (Å²) in [5.74, 6) is 0. The summed E-state index contributed by atoms with van der Waals surface area (Å²) in [6.07, 6.45) is 1.15. The van der Waals surface area contributed by atoms with E-state index in [0.717, 1.165) is 6.42 Å². The van der Waals surface area contributed by atoms with E-state index in [2.05, 4.69) is 25.1 Å². The third-order valence-electron chi connectivity index (χ3n) is 2.77. The molecule has 3 rings (SSSR count). The van der Waals surface area contributed by atoms with Gasteiger partial charge in [0.15, 0.2) is 6.10 Å². The van der Waals surface area contributed by atoms with Gasteiger partial charge in [-0.15, -0.1) is 0 Å². The van der Waals surface area contributed by atoms with Crippen molar-refractivity contribution in [2.24, 2.45) is 0 Å². The number of hydrogen-bond acceptors (Lipinski definition) is 2. The predicted molar refractivity (Wildman–Crippen MR) is 43.5 cm³/mol. The van der Waals surface area contributed by atoms with Crippen LogP contribution in [0.15, 0.2) is 24.3 Å². The van der Waals surface area contributed by atoms with Gasteiger partial charge in [-0.05, 0) is 18.1 Å². The van der Waals surface area contributed by atoms with Crippen LogP contribution in [-0.2, 0) is 16.2 Å². The van der Waals surface area contributed by atoms with Gasteiger partial charge >= 0.3 is 0 Å². The monoisotopic (exact) mass is 162 g/mol. The molecular weight excluding hydrogens is 152 g/mol. The molecule has 0 N–H and O–H groups in total. The second kappa shape index (κ2) is 1.90. The summed E-state index contributed by atoms with van der Waals surface area (Å²) >= 11 is 0. The minimum atomic E-state index is -0.0797. The molecule has 0 amide bonds. The van der Waals surface area contributed by atoms with Crippen LogP contribution in [0.4, 0.5) is 0 Å². The summed E-state index contributed by atoms with van der Waals surface area (Å²) in [6.45, 7) is 2.10. The van der Waals surface area contributed by atoms with E-state index >= 15 is 0 Å². The van der Waals surface area contributed by atoms with E-state index in [1.165, 1.54) is 11.1 Å². The maximum absolute atomic E-state index is 5.12. The third kappa shape index (κ3) is 0.625. The van der Waals surface area contributed by atoms with Crippen LogP contribution < -0.4 is 0 Å². The number of fused-ring (bicyclic) bond motifs is 3. The van der Waals surface area contributed by atoms with E-state index in [1.54, 1.807) is 0 Å². The van der Waals surface area contributed by atoms with E-state index in [1.807, 2.05) is 6.07 Å². The van der Waals surface area contributed by atoms with Gasteiger partial charge in [-0.2, -0.15) is 0 Å². The molecule has 1 aliphatic carbocycles. The van der Waals surface area contributed by atoms with E-state index in [0.29, 0.717) is 0 Å². The largest absolute Gasteiger partial charge is 0.226 e.